The average molecular weight is 552 g/mol. The molecule has 3 aromatic rings. The Kier molecular flexibility index (Phi) is 10.5. The van der Waals surface area contributed by atoms with Crippen molar-refractivity contribution in [3.63, 3.8) is 0 Å². The molecule has 0 aliphatic carbocycles. The van der Waals surface area contributed by atoms with Crippen LogP contribution in [0.2, 0.25) is 0 Å². The van der Waals surface area contributed by atoms with Crippen molar-refractivity contribution in [3.8, 4) is 5.75 Å². The first-order valence-corrected chi connectivity index (χ1v) is 12.2. The Morgan fingerprint density at radius 2 is 1.77 bits per heavy atom. The summed E-state index contributed by atoms with van der Waals surface area (Å²) in [5.41, 5.74) is -4.54. The monoisotopic (exact) mass is 551 g/mol. The number of nitrogens with one attached hydrogen (secondary N) is 1. The maximum absolute atomic E-state index is 14.0. The van der Waals surface area contributed by atoms with Gasteiger partial charge in [-0.25, -0.2) is 14.2 Å². The second-order valence-corrected chi connectivity index (χ2v) is 9.39. The zero-order valence-corrected chi connectivity index (χ0v) is 22.4. The molecule has 212 valence electrons. The summed E-state index contributed by atoms with van der Waals surface area (Å²) in [5.74, 6) is -1.73. The van der Waals surface area contributed by atoms with Crippen molar-refractivity contribution < 1.29 is 37.3 Å². The van der Waals surface area contributed by atoms with Gasteiger partial charge in [0.15, 0.2) is 5.60 Å². The van der Waals surface area contributed by atoms with Crippen molar-refractivity contribution in [2.75, 3.05) is 20.2 Å². The third kappa shape index (κ3) is 7.96. The molecular weight excluding hydrogens is 518 g/mol. The summed E-state index contributed by atoms with van der Waals surface area (Å²) in [7, 11) is 1.31. The number of methoxy groups -OCH3 is 1. The van der Waals surface area contributed by atoms with Crippen LogP contribution in [0.5, 0.6) is 5.75 Å². The number of alkyl halides is 3. The molecule has 0 aliphatic heterocycles. The molecule has 0 bridgehead atoms. The van der Waals surface area contributed by atoms with Crippen LogP contribution in [0.4, 0.5) is 23.2 Å². The van der Waals surface area contributed by atoms with Crippen LogP contribution in [0.3, 0.4) is 0 Å². The molecule has 1 atom stereocenters. The smallest absolute Gasteiger partial charge is 0.422 e. The number of pyridine rings is 1. The van der Waals surface area contributed by atoms with E-state index < -0.39 is 35.4 Å². The number of aromatic nitrogens is 1. The Balaban J connectivity index is 0.000000976. The van der Waals surface area contributed by atoms with Crippen molar-refractivity contribution in [1.29, 1.82) is 0 Å². The Bertz CT molecular complexity index is 1310. The summed E-state index contributed by atoms with van der Waals surface area (Å²) < 4.78 is 61.2. The summed E-state index contributed by atoms with van der Waals surface area (Å²) in [6.45, 7) is 9.26. The summed E-state index contributed by atoms with van der Waals surface area (Å²) in [5, 5.41) is 23.2. The quantitative estimate of drug-likeness (QED) is 0.221. The predicted molar refractivity (Wildman–Crippen MR) is 143 cm³/mol. The van der Waals surface area contributed by atoms with E-state index in [0.717, 1.165) is 25.2 Å². The number of hydrogen-bond donors (Lipinski definition) is 3. The van der Waals surface area contributed by atoms with Crippen LogP contribution in [0, 0.1) is 5.82 Å². The highest BCUT2D eigenvalue weighted by molar-refractivity contribution is 5.95. The molecule has 1 heterocycles. The number of fused-ring (bicyclic) bond motifs is 1. The van der Waals surface area contributed by atoms with Crippen LogP contribution in [0.15, 0.2) is 53.5 Å². The van der Waals surface area contributed by atoms with E-state index in [1.165, 1.54) is 57.4 Å². The number of rotatable bonds is 9. The standard InChI is InChI=1S/C24H22F4N2O4.C4H11N/c1-22(2,16-11-14(25)7-10-20(16)34-3)12-23(33,24(26,27)28)13-29-17-5-4-6-18-15(17)8-9-19(30-18)21(31)32;1-3-5-4-2/h4-11,13,33H,12H2,1-3H3,(H,31,32);5H,3-4H2,1-2H3. The minimum atomic E-state index is -5.10. The average Bonchev–Trinajstić information content (AvgIpc) is 2.87. The maximum atomic E-state index is 14.0. The zero-order chi connectivity index (χ0) is 29.4. The predicted octanol–water partition coefficient (Wildman–Crippen LogP) is 6.06. The van der Waals surface area contributed by atoms with E-state index in [0.29, 0.717) is 11.6 Å². The van der Waals surface area contributed by atoms with Gasteiger partial charge in [-0.15, -0.1) is 0 Å². The SMILES string of the molecule is CCNCC.COc1ccc(F)cc1C(C)(C)CC(O)(C=Nc1cccc2nc(C(=O)O)ccc12)C(F)(F)F. The molecule has 11 heteroatoms. The van der Waals surface area contributed by atoms with Crippen LogP contribution < -0.4 is 10.1 Å². The van der Waals surface area contributed by atoms with Crippen LogP contribution in [-0.2, 0) is 5.41 Å². The molecule has 3 N–H and O–H groups in total. The van der Waals surface area contributed by atoms with E-state index in [1.54, 1.807) is 0 Å². The highest BCUT2D eigenvalue weighted by Gasteiger charge is 2.55. The van der Waals surface area contributed by atoms with Crippen LogP contribution in [-0.4, -0.2) is 59.4 Å². The first kappa shape index (κ1) is 31.6. The molecule has 2 aromatic carbocycles. The summed E-state index contributed by atoms with van der Waals surface area (Å²) in [6.07, 6.45) is -5.58. The lowest BCUT2D eigenvalue weighted by Crippen LogP contribution is -2.50. The minimum absolute atomic E-state index is 0.0609. The van der Waals surface area contributed by atoms with Gasteiger partial charge in [-0.2, -0.15) is 13.2 Å². The Morgan fingerprint density at radius 1 is 1.10 bits per heavy atom. The third-order valence-corrected chi connectivity index (χ3v) is 5.94. The number of aliphatic hydroxyl groups is 1. The Morgan fingerprint density at radius 3 is 2.31 bits per heavy atom. The maximum Gasteiger partial charge on any atom is 0.422 e. The van der Waals surface area contributed by atoms with E-state index in [9.17, 15) is 27.5 Å². The number of carboxylic acid groups (broad SMARTS) is 1. The second kappa shape index (κ2) is 13.0. The van der Waals surface area contributed by atoms with E-state index in [1.807, 2.05) is 0 Å². The number of ether oxygens (including phenoxy) is 1. The van der Waals surface area contributed by atoms with E-state index in [4.69, 9.17) is 9.84 Å². The van der Waals surface area contributed by atoms with Gasteiger partial charge in [-0.05, 0) is 67.4 Å². The molecule has 0 fully saturated rings. The number of hydrogen-bond acceptors (Lipinski definition) is 6. The third-order valence-electron chi connectivity index (χ3n) is 5.94. The Hall–Kier alpha value is -3.57. The van der Waals surface area contributed by atoms with Gasteiger partial charge < -0.3 is 20.3 Å². The summed E-state index contributed by atoms with van der Waals surface area (Å²) >= 11 is 0. The zero-order valence-electron chi connectivity index (χ0n) is 22.4. The van der Waals surface area contributed by atoms with Crippen molar-refractivity contribution in [2.45, 2.75) is 51.3 Å². The molecule has 0 spiro atoms. The lowest BCUT2D eigenvalue weighted by Gasteiger charge is -2.36. The van der Waals surface area contributed by atoms with Crippen LogP contribution in [0.25, 0.3) is 10.9 Å². The molecule has 0 saturated heterocycles. The topological polar surface area (TPSA) is 104 Å². The van der Waals surface area contributed by atoms with Crippen molar-refractivity contribution in [3.05, 3.63) is 65.6 Å². The fourth-order valence-electron chi connectivity index (χ4n) is 3.99. The van der Waals surface area contributed by atoms with Gasteiger partial charge in [-0.3, -0.25) is 4.99 Å². The molecule has 0 radical (unpaired) electrons. The fourth-order valence-corrected chi connectivity index (χ4v) is 3.99. The first-order chi connectivity index (χ1) is 18.2. The van der Waals surface area contributed by atoms with E-state index in [-0.39, 0.29) is 28.2 Å². The molecule has 1 unspecified atom stereocenters. The molecule has 39 heavy (non-hydrogen) atoms. The molecule has 0 aliphatic rings. The molecule has 3 rings (SSSR count). The number of nitrogens with zero attached hydrogens (tertiary/aromatic N) is 2. The largest absolute Gasteiger partial charge is 0.496 e. The Labute approximate surface area is 224 Å². The lowest BCUT2D eigenvalue weighted by molar-refractivity contribution is -0.234. The first-order valence-electron chi connectivity index (χ1n) is 12.2. The fraction of sp³-hybridized carbons (Fsp3) is 0.393. The number of aliphatic imine (C=N–C) groups is 1. The van der Waals surface area contributed by atoms with E-state index >= 15 is 0 Å². The van der Waals surface area contributed by atoms with Crippen molar-refractivity contribution >= 4 is 28.8 Å². The van der Waals surface area contributed by atoms with Gasteiger partial charge in [-0.1, -0.05) is 33.8 Å². The summed E-state index contributed by atoms with van der Waals surface area (Å²) in [6, 6.07) is 10.5. The molecule has 0 amide bonds. The van der Waals surface area contributed by atoms with Gasteiger partial charge in [0.1, 0.15) is 17.3 Å². The molecule has 1 aromatic heterocycles. The molecule has 0 saturated carbocycles. The summed E-state index contributed by atoms with van der Waals surface area (Å²) in [4.78, 5) is 19.0. The molecule has 7 nitrogen and oxygen atoms in total. The van der Waals surface area contributed by atoms with Crippen molar-refractivity contribution in [2.24, 2.45) is 4.99 Å². The number of carboxylic acids is 1. The lowest BCUT2D eigenvalue weighted by atomic mass is 9.74. The van der Waals surface area contributed by atoms with Gasteiger partial charge >= 0.3 is 12.1 Å². The van der Waals surface area contributed by atoms with Gasteiger partial charge in [0.05, 0.1) is 18.3 Å². The van der Waals surface area contributed by atoms with Crippen molar-refractivity contribution in [1.82, 2.24) is 10.3 Å². The second-order valence-electron chi connectivity index (χ2n) is 9.39. The van der Waals surface area contributed by atoms with Crippen LogP contribution in [0.1, 0.15) is 50.2 Å². The van der Waals surface area contributed by atoms with Gasteiger partial charge in [0.2, 0.25) is 0 Å². The number of carbonyl (C=O) groups is 1. The number of benzene rings is 2. The van der Waals surface area contributed by atoms with Gasteiger partial charge in [0, 0.05) is 17.2 Å². The number of halogens is 4. The van der Waals surface area contributed by atoms with Crippen LogP contribution >= 0.6 is 0 Å². The number of aromatic carboxylic acids is 1. The normalized spacial score (nSPS) is 13.6. The molecular formula is C28H33F4N3O4. The highest BCUT2D eigenvalue weighted by atomic mass is 19.4. The minimum Gasteiger partial charge on any atom is -0.496 e. The highest BCUT2D eigenvalue weighted by Crippen LogP contribution is 2.43. The van der Waals surface area contributed by atoms with Gasteiger partial charge in [0.25, 0.3) is 0 Å². The van der Waals surface area contributed by atoms with E-state index in [2.05, 4.69) is 29.1 Å².